The average Bonchev–Trinajstić information content (AvgIpc) is 3.67. The second-order valence-electron chi connectivity index (χ2n) is 11.1. The fourth-order valence-corrected chi connectivity index (χ4v) is 5.29. The SMILES string of the molecule is CN(C(=O)OCC1c2ccccc2-c2ccccc21)C(Cc1ccccc1C1CC1)C(=O)OC(C)(C)C. The molecule has 0 N–H and O–H groups in total. The summed E-state index contributed by atoms with van der Waals surface area (Å²) in [6, 6.07) is 23.9. The largest absolute Gasteiger partial charge is 0.458 e. The van der Waals surface area contributed by atoms with E-state index in [2.05, 4.69) is 36.4 Å². The minimum atomic E-state index is -0.783. The summed E-state index contributed by atoms with van der Waals surface area (Å²) >= 11 is 0. The third-order valence-corrected chi connectivity index (χ3v) is 7.26. The maximum absolute atomic E-state index is 13.4. The zero-order chi connectivity index (χ0) is 26.2. The van der Waals surface area contributed by atoms with Crippen LogP contribution in [0.25, 0.3) is 11.1 Å². The topological polar surface area (TPSA) is 55.8 Å². The Hall–Kier alpha value is -3.60. The van der Waals surface area contributed by atoms with Gasteiger partial charge in [-0.1, -0.05) is 72.8 Å². The molecule has 0 bridgehead atoms. The molecule has 3 aromatic rings. The van der Waals surface area contributed by atoms with E-state index in [1.165, 1.54) is 21.6 Å². The number of likely N-dealkylation sites (N-methyl/N-ethyl adjacent to an activating group) is 1. The van der Waals surface area contributed by atoms with Crippen molar-refractivity contribution in [2.24, 2.45) is 0 Å². The minimum absolute atomic E-state index is 0.0414. The van der Waals surface area contributed by atoms with Gasteiger partial charge in [0.25, 0.3) is 0 Å². The highest BCUT2D eigenvalue weighted by atomic mass is 16.6. The first-order chi connectivity index (χ1) is 17.7. The van der Waals surface area contributed by atoms with E-state index in [1.807, 2.05) is 57.2 Å². The third-order valence-electron chi connectivity index (χ3n) is 7.26. The number of rotatable bonds is 7. The van der Waals surface area contributed by atoms with Crippen LogP contribution in [0, 0.1) is 0 Å². The van der Waals surface area contributed by atoms with E-state index in [1.54, 1.807) is 7.05 Å². The zero-order valence-electron chi connectivity index (χ0n) is 22.1. The van der Waals surface area contributed by atoms with Crippen molar-refractivity contribution in [3.8, 4) is 11.1 Å². The average molecular weight is 498 g/mol. The van der Waals surface area contributed by atoms with Crippen LogP contribution in [-0.4, -0.2) is 42.3 Å². The van der Waals surface area contributed by atoms with Crippen LogP contribution >= 0.6 is 0 Å². The lowest BCUT2D eigenvalue weighted by Crippen LogP contribution is -2.47. The van der Waals surface area contributed by atoms with E-state index >= 15 is 0 Å². The first kappa shape index (κ1) is 25.1. The van der Waals surface area contributed by atoms with Gasteiger partial charge >= 0.3 is 12.1 Å². The molecule has 3 aromatic carbocycles. The van der Waals surface area contributed by atoms with E-state index < -0.39 is 23.7 Å². The van der Waals surface area contributed by atoms with Crippen LogP contribution in [0.15, 0.2) is 72.8 Å². The number of nitrogens with zero attached hydrogens (tertiary/aromatic N) is 1. The molecule has 0 radical (unpaired) electrons. The molecule has 0 heterocycles. The Morgan fingerprint density at radius 1 is 0.865 bits per heavy atom. The van der Waals surface area contributed by atoms with Crippen LogP contribution in [0.1, 0.15) is 67.7 Å². The van der Waals surface area contributed by atoms with Gasteiger partial charge in [-0.25, -0.2) is 9.59 Å². The van der Waals surface area contributed by atoms with E-state index in [4.69, 9.17) is 9.47 Å². The van der Waals surface area contributed by atoms with Crippen molar-refractivity contribution in [2.75, 3.05) is 13.7 Å². The fourth-order valence-electron chi connectivity index (χ4n) is 5.29. The molecule has 0 aliphatic heterocycles. The van der Waals surface area contributed by atoms with Gasteiger partial charge < -0.3 is 9.47 Å². The molecule has 0 saturated heterocycles. The normalized spacial score (nSPS) is 15.5. The number of carbonyl (C=O) groups excluding carboxylic acids is 2. The van der Waals surface area contributed by atoms with Crippen LogP contribution in [0.5, 0.6) is 0 Å². The van der Waals surface area contributed by atoms with Crippen molar-refractivity contribution >= 4 is 12.1 Å². The second-order valence-corrected chi connectivity index (χ2v) is 11.1. The number of hydrogen-bond acceptors (Lipinski definition) is 4. The predicted molar refractivity (Wildman–Crippen MR) is 145 cm³/mol. The maximum atomic E-state index is 13.4. The lowest BCUT2D eigenvalue weighted by molar-refractivity contribution is -0.160. The third kappa shape index (κ3) is 5.41. The molecule has 1 fully saturated rings. The van der Waals surface area contributed by atoms with Gasteiger partial charge in [-0.15, -0.1) is 0 Å². The molecule has 5 heteroatoms. The Kier molecular flexibility index (Phi) is 6.80. The van der Waals surface area contributed by atoms with Crippen molar-refractivity contribution in [1.29, 1.82) is 0 Å². The molecule has 0 spiro atoms. The molecular formula is C32H35NO4. The lowest BCUT2D eigenvalue weighted by atomic mass is 9.96. The Bertz CT molecular complexity index is 1260. The molecule has 0 aromatic heterocycles. The van der Waals surface area contributed by atoms with Gasteiger partial charge in [0, 0.05) is 19.4 Å². The number of hydrogen-bond donors (Lipinski definition) is 0. The summed E-state index contributed by atoms with van der Waals surface area (Å²) in [6.07, 6.45) is 2.19. The van der Waals surface area contributed by atoms with Gasteiger partial charge in [0.2, 0.25) is 0 Å². The molecule has 5 nitrogen and oxygen atoms in total. The first-order valence-electron chi connectivity index (χ1n) is 13.1. The lowest BCUT2D eigenvalue weighted by Gasteiger charge is -2.30. The van der Waals surface area contributed by atoms with E-state index in [0.29, 0.717) is 12.3 Å². The van der Waals surface area contributed by atoms with Crippen LogP contribution < -0.4 is 0 Å². The molecular weight excluding hydrogens is 462 g/mol. The molecule has 37 heavy (non-hydrogen) atoms. The van der Waals surface area contributed by atoms with Crippen LogP contribution in [0.2, 0.25) is 0 Å². The smallest absolute Gasteiger partial charge is 0.410 e. The first-order valence-corrected chi connectivity index (χ1v) is 13.1. The molecule has 5 rings (SSSR count). The van der Waals surface area contributed by atoms with Crippen molar-refractivity contribution in [1.82, 2.24) is 4.90 Å². The summed E-state index contributed by atoms with van der Waals surface area (Å²) in [5.74, 6) is 0.0738. The van der Waals surface area contributed by atoms with E-state index in [-0.39, 0.29) is 12.5 Å². The second kappa shape index (κ2) is 10.0. The van der Waals surface area contributed by atoms with Gasteiger partial charge in [0.05, 0.1) is 0 Å². The standard InChI is InChI=1S/C32H35NO4/c1-32(2,3)37-30(34)29(19-22-11-5-6-12-23(22)21-17-18-21)33(4)31(35)36-20-28-26-15-9-7-13-24(26)25-14-8-10-16-27(25)28/h5-16,21,28-29H,17-20H2,1-4H3. The Labute approximate surface area is 219 Å². The molecule has 2 aliphatic rings. The van der Waals surface area contributed by atoms with E-state index in [9.17, 15) is 9.59 Å². The number of ether oxygens (including phenoxy) is 2. The molecule has 1 saturated carbocycles. The predicted octanol–water partition coefficient (Wildman–Crippen LogP) is 6.70. The number of amides is 1. The fraction of sp³-hybridized carbons (Fsp3) is 0.375. The molecule has 1 unspecified atom stereocenters. The van der Waals surface area contributed by atoms with Gasteiger partial charge in [0.1, 0.15) is 18.2 Å². The summed E-state index contributed by atoms with van der Waals surface area (Å²) in [7, 11) is 1.63. The van der Waals surface area contributed by atoms with Crippen LogP contribution in [0.3, 0.4) is 0 Å². The Balaban J connectivity index is 1.35. The van der Waals surface area contributed by atoms with E-state index in [0.717, 1.165) is 29.5 Å². The highest BCUT2D eigenvalue weighted by molar-refractivity contribution is 5.82. The highest BCUT2D eigenvalue weighted by Crippen LogP contribution is 2.45. The van der Waals surface area contributed by atoms with Crippen molar-refractivity contribution in [3.05, 3.63) is 95.1 Å². The van der Waals surface area contributed by atoms with Gasteiger partial charge in [-0.2, -0.15) is 0 Å². The van der Waals surface area contributed by atoms with Crippen LogP contribution in [0.4, 0.5) is 4.79 Å². The quantitative estimate of drug-likeness (QED) is 0.341. The summed E-state index contributed by atoms with van der Waals surface area (Å²) < 4.78 is 11.6. The number of benzene rings is 3. The van der Waals surface area contributed by atoms with Crippen molar-refractivity contribution in [3.63, 3.8) is 0 Å². The van der Waals surface area contributed by atoms with Gasteiger partial charge in [-0.05, 0) is 72.9 Å². The van der Waals surface area contributed by atoms with Crippen molar-refractivity contribution < 1.29 is 19.1 Å². The van der Waals surface area contributed by atoms with Gasteiger partial charge in [0.15, 0.2) is 0 Å². The van der Waals surface area contributed by atoms with Crippen LogP contribution in [-0.2, 0) is 20.7 Å². The zero-order valence-corrected chi connectivity index (χ0v) is 22.1. The molecule has 1 atom stereocenters. The van der Waals surface area contributed by atoms with Crippen molar-refractivity contribution in [2.45, 2.75) is 63.5 Å². The molecule has 2 aliphatic carbocycles. The summed E-state index contributed by atoms with van der Waals surface area (Å²) in [4.78, 5) is 28.1. The number of esters is 1. The molecule has 192 valence electrons. The summed E-state index contributed by atoms with van der Waals surface area (Å²) in [6.45, 7) is 5.73. The Morgan fingerprint density at radius 3 is 1.97 bits per heavy atom. The highest BCUT2D eigenvalue weighted by Gasteiger charge is 2.35. The summed E-state index contributed by atoms with van der Waals surface area (Å²) in [5, 5.41) is 0. The monoisotopic (exact) mass is 497 g/mol. The van der Waals surface area contributed by atoms with Gasteiger partial charge in [-0.3, -0.25) is 4.90 Å². The Morgan fingerprint density at radius 2 is 1.41 bits per heavy atom. The maximum Gasteiger partial charge on any atom is 0.410 e. The minimum Gasteiger partial charge on any atom is -0.458 e. The summed E-state index contributed by atoms with van der Waals surface area (Å²) in [5.41, 5.74) is 6.35. The number of carbonyl (C=O) groups is 2. The molecule has 1 amide bonds. The number of fused-ring (bicyclic) bond motifs is 3.